The molecule has 0 bridgehead atoms. The van der Waals surface area contributed by atoms with Gasteiger partial charge in [0, 0.05) is 31.6 Å². The zero-order chi connectivity index (χ0) is 13.9. The summed E-state index contributed by atoms with van der Waals surface area (Å²) in [5.41, 5.74) is 0. The van der Waals surface area contributed by atoms with Gasteiger partial charge in [-0.05, 0) is 25.5 Å². The van der Waals surface area contributed by atoms with Crippen LogP contribution in [0.25, 0.3) is 0 Å². The summed E-state index contributed by atoms with van der Waals surface area (Å²) in [6, 6.07) is 0. The molecule has 4 nitrogen and oxygen atoms in total. The Morgan fingerprint density at radius 3 is 2.50 bits per heavy atom. The Morgan fingerprint density at radius 1 is 1.33 bits per heavy atom. The van der Waals surface area contributed by atoms with Crippen LogP contribution in [0, 0.1) is 0 Å². The molecule has 0 aromatic carbocycles. The Bertz CT molecular complexity index is 213. The Kier molecular flexibility index (Phi) is 10.5. The number of nitrogens with one attached hydrogen (secondary N) is 2. The highest BCUT2D eigenvalue weighted by atomic mass is 32.2. The number of hydrogen-bond acceptors (Lipinski definition) is 4. The van der Waals surface area contributed by atoms with Crippen molar-refractivity contribution in [3.05, 3.63) is 0 Å². The summed E-state index contributed by atoms with van der Waals surface area (Å²) in [5.74, 6) is 0.0633. The third-order valence-electron chi connectivity index (χ3n) is 3.30. The number of hydrogen-bond donors (Lipinski definition) is 2. The Balaban J connectivity index is 3.72. The number of amides is 1. The van der Waals surface area contributed by atoms with Gasteiger partial charge in [-0.3, -0.25) is 4.79 Å². The minimum absolute atomic E-state index is 0.0633. The zero-order valence-electron chi connectivity index (χ0n) is 12.2. The molecule has 0 aromatic heterocycles. The standard InChI is InChI=1S/C13H28N2O2S/c1-5-13(6-2,18-4)11-14-10-12(16)15-8-7-9-17-3/h14H,5-11H2,1-4H3,(H,15,16). The summed E-state index contributed by atoms with van der Waals surface area (Å²) >= 11 is 1.88. The van der Waals surface area contributed by atoms with Gasteiger partial charge in [-0.15, -0.1) is 0 Å². The van der Waals surface area contributed by atoms with Gasteiger partial charge in [0.1, 0.15) is 0 Å². The molecular formula is C13H28N2O2S. The van der Waals surface area contributed by atoms with E-state index in [0.717, 1.165) is 25.8 Å². The molecule has 0 unspecified atom stereocenters. The van der Waals surface area contributed by atoms with Gasteiger partial charge in [-0.1, -0.05) is 13.8 Å². The van der Waals surface area contributed by atoms with Gasteiger partial charge in [0.25, 0.3) is 0 Å². The molecule has 0 fully saturated rings. The van der Waals surface area contributed by atoms with Crippen molar-refractivity contribution in [2.24, 2.45) is 0 Å². The maximum Gasteiger partial charge on any atom is 0.233 e. The van der Waals surface area contributed by atoms with Crippen molar-refractivity contribution >= 4 is 17.7 Å². The van der Waals surface area contributed by atoms with E-state index in [0.29, 0.717) is 19.7 Å². The van der Waals surface area contributed by atoms with Crippen LogP contribution in [0.15, 0.2) is 0 Å². The lowest BCUT2D eigenvalue weighted by Gasteiger charge is -2.29. The molecule has 2 N–H and O–H groups in total. The minimum Gasteiger partial charge on any atom is -0.385 e. The van der Waals surface area contributed by atoms with Crippen LogP contribution in [-0.2, 0) is 9.53 Å². The van der Waals surface area contributed by atoms with Crippen molar-refractivity contribution in [2.45, 2.75) is 37.9 Å². The van der Waals surface area contributed by atoms with Crippen LogP contribution in [0.5, 0.6) is 0 Å². The molecule has 0 heterocycles. The van der Waals surface area contributed by atoms with Crippen LogP contribution in [0.4, 0.5) is 0 Å². The minimum atomic E-state index is 0.0633. The first-order valence-electron chi connectivity index (χ1n) is 6.65. The largest absolute Gasteiger partial charge is 0.385 e. The lowest BCUT2D eigenvalue weighted by atomic mass is 10.0. The third-order valence-corrected chi connectivity index (χ3v) is 4.89. The summed E-state index contributed by atoms with van der Waals surface area (Å²) in [6.45, 7) is 7.06. The maximum atomic E-state index is 11.5. The lowest BCUT2D eigenvalue weighted by molar-refractivity contribution is -0.120. The van der Waals surface area contributed by atoms with E-state index in [1.165, 1.54) is 0 Å². The fourth-order valence-corrected chi connectivity index (χ4v) is 2.60. The van der Waals surface area contributed by atoms with E-state index in [-0.39, 0.29) is 10.7 Å². The van der Waals surface area contributed by atoms with E-state index >= 15 is 0 Å². The van der Waals surface area contributed by atoms with Crippen LogP contribution in [0.2, 0.25) is 0 Å². The summed E-state index contributed by atoms with van der Waals surface area (Å²) in [5, 5.41) is 6.13. The maximum absolute atomic E-state index is 11.5. The van der Waals surface area contributed by atoms with Gasteiger partial charge in [-0.25, -0.2) is 0 Å². The highest BCUT2D eigenvalue weighted by molar-refractivity contribution is 8.00. The number of carbonyl (C=O) groups is 1. The van der Waals surface area contributed by atoms with Crippen molar-refractivity contribution in [2.75, 3.05) is 39.6 Å². The predicted octanol–water partition coefficient (Wildman–Crippen LogP) is 1.65. The van der Waals surface area contributed by atoms with E-state index in [2.05, 4.69) is 30.7 Å². The van der Waals surface area contributed by atoms with Crippen LogP contribution in [0.3, 0.4) is 0 Å². The molecule has 0 atom stereocenters. The van der Waals surface area contributed by atoms with Gasteiger partial charge in [0.2, 0.25) is 5.91 Å². The molecule has 1 amide bonds. The number of methoxy groups -OCH3 is 1. The molecule has 0 saturated carbocycles. The smallest absolute Gasteiger partial charge is 0.233 e. The number of rotatable bonds is 11. The first kappa shape index (κ1) is 17.7. The van der Waals surface area contributed by atoms with E-state index in [4.69, 9.17) is 4.74 Å². The summed E-state index contributed by atoms with van der Waals surface area (Å²) < 4.78 is 5.18. The molecule has 0 aliphatic heterocycles. The van der Waals surface area contributed by atoms with Crippen molar-refractivity contribution < 1.29 is 9.53 Å². The van der Waals surface area contributed by atoms with Gasteiger partial charge in [0.15, 0.2) is 0 Å². The predicted molar refractivity (Wildman–Crippen MR) is 79.2 cm³/mol. The third kappa shape index (κ3) is 7.24. The average Bonchev–Trinajstić information content (AvgIpc) is 2.40. The number of carbonyl (C=O) groups excluding carboxylic acids is 1. The average molecular weight is 276 g/mol. The Morgan fingerprint density at radius 2 is 2.00 bits per heavy atom. The van der Waals surface area contributed by atoms with Crippen LogP contribution >= 0.6 is 11.8 Å². The summed E-state index contributed by atoms with van der Waals surface area (Å²) in [6.07, 6.45) is 5.24. The molecule has 0 spiro atoms. The van der Waals surface area contributed by atoms with Gasteiger partial charge >= 0.3 is 0 Å². The molecule has 0 aromatic rings. The zero-order valence-corrected chi connectivity index (χ0v) is 13.0. The Hall–Kier alpha value is -0.260. The summed E-state index contributed by atoms with van der Waals surface area (Å²) in [4.78, 5) is 11.5. The monoisotopic (exact) mass is 276 g/mol. The SMILES string of the molecule is CCC(CC)(CNCC(=O)NCCCOC)SC. The highest BCUT2D eigenvalue weighted by Gasteiger charge is 2.24. The molecule has 5 heteroatoms. The van der Waals surface area contributed by atoms with Crippen LogP contribution < -0.4 is 10.6 Å². The van der Waals surface area contributed by atoms with E-state index < -0.39 is 0 Å². The topological polar surface area (TPSA) is 50.4 Å². The van der Waals surface area contributed by atoms with Crippen LogP contribution in [0.1, 0.15) is 33.1 Å². The summed E-state index contributed by atoms with van der Waals surface area (Å²) in [7, 11) is 1.67. The molecule has 0 saturated heterocycles. The quantitative estimate of drug-likeness (QED) is 0.563. The Labute approximate surface area is 116 Å². The second-order valence-electron chi connectivity index (χ2n) is 4.39. The van der Waals surface area contributed by atoms with Crippen LogP contribution in [-0.4, -0.2) is 50.3 Å². The van der Waals surface area contributed by atoms with Gasteiger partial charge in [0.05, 0.1) is 6.54 Å². The normalized spacial score (nSPS) is 11.6. The second kappa shape index (κ2) is 10.6. The van der Waals surface area contributed by atoms with Crippen molar-refractivity contribution in [1.29, 1.82) is 0 Å². The molecular weight excluding hydrogens is 248 g/mol. The first-order valence-corrected chi connectivity index (χ1v) is 7.88. The van der Waals surface area contributed by atoms with Crippen molar-refractivity contribution in [3.63, 3.8) is 0 Å². The lowest BCUT2D eigenvalue weighted by Crippen LogP contribution is -2.42. The molecule has 108 valence electrons. The fraction of sp³-hybridized carbons (Fsp3) is 0.923. The van der Waals surface area contributed by atoms with Crippen molar-refractivity contribution in [3.8, 4) is 0 Å². The van der Waals surface area contributed by atoms with Gasteiger partial charge < -0.3 is 15.4 Å². The molecule has 0 aliphatic carbocycles. The fourth-order valence-electron chi connectivity index (χ4n) is 1.77. The first-order chi connectivity index (χ1) is 8.64. The molecule has 18 heavy (non-hydrogen) atoms. The number of thioether (sulfide) groups is 1. The molecule has 0 rings (SSSR count). The highest BCUT2D eigenvalue weighted by Crippen LogP contribution is 2.29. The van der Waals surface area contributed by atoms with E-state index in [1.807, 2.05) is 11.8 Å². The van der Waals surface area contributed by atoms with E-state index in [1.54, 1.807) is 7.11 Å². The van der Waals surface area contributed by atoms with E-state index in [9.17, 15) is 4.79 Å². The second-order valence-corrected chi connectivity index (χ2v) is 5.67. The van der Waals surface area contributed by atoms with Gasteiger partial charge in [-0.2, -0.15) is 11.8 Å². The molecule has 0 radical (unpaired) electrons. The van der Waals surface area contributed by atoms with Crippen molar-refractivity contribution in [1.82, 2.24) is 10.6 Å². The molecule has 0 aliphatic rings. The number of ether oxygens (including phenoxy) is 1.